The number of methoxy groups -OCH3 is 1. The molecule has 1 aliphatic heterocycles. The molecule has 4 rings (SSSR count). The van der Waals surface area contributed by atoms with Crippen LogP contribution in [0.5, 0.6) is 5.75 Å². The molecule has 2 amide bonds. The van der Waals surface area contributed by atoms with Crippen LogP contribution in [-0.4, -0.2) is 23.2 Å². The highest BCUT2D eigenvalue weighted by Crippen LogP contribution is 2.37. The predicted octanol–water partition coefficient (Wildman–Crippen LogP) is 5.10. The number of nitrogens with zero attached hydrogens (tertiary/aromatic N) is 2. The summed E-state index contributed by atoms with van der Waals surface area (Å²) in [6.07, 6.45) is 1.48. The van der Waals surface area contributed by atoms with Gasteiger partial charge in [-0.2, -0.15) is 0 Å². The van der Waals surface area contributed by atoms with E-state index >= 15 is 0 Å². The van der Waals surface area contributed by atoms with Crippen LogP contribution in [0.3, 0.4) is 0 Å². The minimum absolute atomic E-state index is 0.0511. The minimum Gasteiger partial charge on any atom is -0.497 e. The number of imide groups is 1. The third-order valence-corrected chi connectivity index (χ3v) is 5.22. The van der Waals surface area contributed by atoms with Crippen molar-refractivity contribution in [3.8, 4) is 17.1 Å². The van der Waals surface area contributed by atoms with E-state index in [9.17, 15) is 19.7 Å². The summed E-state index contributed by atoms with van der Waals surface area (Å²) >= 11 is 0.805. The number of ether oxygens (including phenoxy) is 1. The lowest BCUT2D eigenvalue weighted by molar-refractivity contribution is -0.384. The summed E-state index contributed by atoms with van der Waals surface area (Å²) in [4.78, 5) is 36.9. The molecule has 0 N–H and O–H groups in total. The Morgan fingerprint density at radius 3 is 2.67 bits per heavy atom. The van der Waals surface area contributed by atoms with Gasteiger partial charge in [-0.3, -0.25) is 19.7 Å². The summed E-state index contributed by atoms with van der Waals surface area (Å²) in [5.41, 5.74) is 0.898. The number of rotatable bonds is 5. The van der Waals surface area contributed by atoms with Crippen LogP contribution in [0.25, 0.3) is 17.4 Å². The van der Waals surface area contributed by atoms with Crippen LogP contribution >= 0.6 is 11.8 Å². The Hall–Kier alpha value is -3.85. The molecule has 150 valence electrons. The van der Waals surface area contributed by atoms with Crippen LogP contribution in [0.2, 0.25) is 0 Å². The van der Waals surface area contributed by atoms with Gasteiger partial charge >= 0.3 is 0 Å². The Bertz CT molecular complexity index is 1200. The topological polar surface area (TPSA) is 103 Å². The predicted molar refractivity (Wildman–Crippen MR) is 112 cm³/mol. The Morgan fingerprint density at radius 1 is 1.10 bits per heavy atom. The van der Waals surface area contributed by atoms with Crippen molar-refractivity contribution in [2.45, 2.75) is 0 Å². The van der Waals surface area contributed by atoms with Gasteiger partial charge in [0.2, 0.25) is 0 Å². The van der Waals surface area contributed by atoms with Gasteiger partial charge in [0.15, 0.2) is 0 Å². The molecule has 30 heavy (non-hydrogen) atoms. The van der Waals surface area contributed by atoms with Gasteiger partial charge < -0.3 is 9.15 Å². The first-order chi connectivity index (χ1) is 14.5. The molecule has 1 aliphatic rings. The number of anilines is 1. The highest BCUT2D eigenvalue weighted by Gasteiger charge is 2.36. The molecule has 0 saturated carbocycles. The number of nitro benzene ring substituents is 1. The van der Waals surface area contributed by atoms with Crippen molar-refractivity contribution in [3.05, 3.63) is 81.4 Å². The zero-order chi connectivity index (χ0) is 21.3. The van der Waals surface area contributed by atoms with E-state index in [1.165, 1.54) is 25.3 Å². The first-order valence-electron chi connectivity index (χ1n) is 8.73. The van der Waals surface area contributed by atoms with Gasteiger partial charge in [0.25, 0.3) is 16.8 Å². The van der Waals surface area contributed by atoms with E-state index < -0.39 is 16.1 Å². The number of benzene rings is 2. The molecule has 2 aromatic carbocycles. The van der Waals surface area contributed by atoms with Gasteiger partial charge in [-0.25, -0.2) is 4.90 Å². The molecule has 0 unspecified atom stereocenters. The first-order valence-corrected chi connectivity index (χ1v) is 9.54. The Morgan fingerprint density at radius 2 is 1.90 bits per heavy atom. The fourth-order valence-corrected chi connectivity index (χ4v) is 3.75. The third-order valence-electron chi connectivity index (χ3n) is 4.35. The van der Waals surface area contributed by atoms with Crippen molar-refractivity contribution in [1.29, 1.82) is 0 Å². The minimum atomic E-state index is -0.484. The second-order valence-corrected chi connectivity index (χ2v) is 7.22. The van der Waals surface area contributed by atoms with E-state index in [0.717, 1.165) is 16.7 Å². The number of non-ortho nitro benzene ring substituents is 1. The van der Waals surface area contributed by atoms with Crippen molar-refractivity contribution in [2.24, 2.45) is 0 Å². The summed E-state index contributed by atoms with van der Waals surface area (Å²) in [5, 5.41) is 10.5. The lowest BCUT2D eigenvalue weighted by Gasteiger charge is -2.13. The summed E-state index contributed by atoms with van der Waals surface area (Å²) < 4.78 is 10.9. The molecular formula is C21H14N2O6S. The van der Waals surface area contributed by atoms with Gasteiger partial charge in [-0.05, 0) is 36.0 Å². The maximum Gasteiger partial charge on any atom is 0.298 e. The number of hydrogen-bond donors (Lipinski definition) is 0. The number of carbonyl (C=O) groups is 2. The van der Waals surface area contributed by atoms with Crippen molar-refractivity contribution in [2.75, 3.05) is 12.0 Å². The fraction of sp³-hybridized carbons (Fsp3) is 0.0476. The van der Waals surface area contributed by atoms with Gasteiger partial charge in [0.05, 0.1) is 22.6 Å². The lowest BCUT2D eigenvalue weighted by Crippen LogP contribution is -2.27. The molecule has 2 heterocycles. The average molecular weight is 422 g/mol. The van der Waals surface area contributed by atoms with E-state index in [2.05, 4.69) is 0 Å². The van der Waals surface area contributed by atoms with Crippen LogP contribution in [0, 0.1) is 10.1 Å². The van der Waals surface area contributed by atoms with Gasteiger partial charge in [0, 0.05) is 29.8 Å². The lowest BCUT2D eigenvalue weighted by atomic mass is 10.1. The Balaban J connectivity index is 1.60. The summed E-state index contributed by atoms with van der Waals surface area (Å²) in [6.45, 7) is 0. The van der Waals surface area contributed by atoms with E-state index in [4.69, 9.17) is 9.15 Å². The van der Waals surface area contributed by atoms with E-state index in [0.29, 0.717) is 28.5 Å². The quantitative estimate of drug-likeness (QED) is 0.320. The third kappa shape index (κ3) is 3.70. The van der Waals surface area contributed by atoms with Crippen LogP contribution in [0.4, 0.5) is 16.2 Å². The van der Waals surface area contributed by atoms with Crippen molar-refractivity contribution >= 4 is 40.4 Å². The standard InChI is InChI=1S/C21H14N2O6S/c1-28-16-7-3-5-14(11-16)22-20(24)19(30-21(22)25)12-17-8-9-18(29-17)13-4-2-6-15(10-13)23(26)27/h2-12H,1H3/b19-12+. The number of carbonyl (C=O) groups excluding carboxylic acids is 2. The Labute approximate surface area is 174 Å². The van der Waals surface area contributed by atoms with Crippen LogP contribution in [0.1, 0.15) is 5.76 Å². The highest BCUT2D eigenvalue weighted by atomic mass is 32.2. The molecular weight excluding hydrogens is 408 g/mol. The van der Waals surface area contributed by atoms with E-state index in [-0.39, 0.29) is 10.6 Å². The van der Waals surface area contributed by atoms with Gasteiger partial charge in [-0.1, -0.05) is 18.2 Å². The molecule has 8 nitrogen and oxygen atoms in total. The SMILES string of the molecule is COc1cccc(N2C(=O)S/C(=C/c3ccc(-c4cccc([N+](=O)[O-])c4)o3)C2=O)c1. The molecule has 1 fully saturated rings. The molecule has 0 aliphatic carbocycles. The van der Waals surface area contributed by atoms with Crippen molar-refractivity contribution in [3.63, 3.8) is 0 Å². The maximum absolute atomic E-state index is 12.8. The molecule has 1 aromatic heterocycles. The summed E-state index contributed by atoms with van der Waals surface area (Å²) in [7, 11) is 1.50. The van der Waals surface area contributed by atoms with Gasteiger partial charge in [0.1, 0.15) is 17.3 Å². The van der Waals surface area contributed by atoms with Crippen molar-refractivity contribution < 1.29 is 23.7 Å². The second kappa shape index (κ2) is 7.88. The molecule has 3 aromatic rings. The highest BCUT2D eigenvalue weighted by molar-refractivity contribution is 8.19. The second-order valence-electron chi connectivity index (χ2n) is 6.23. The largest absolute Gasteiger partial charge is 0.497 e. The maximum atomic E-state index is 12.8. The van der Waals surface area contributed by atoms with E-state index in [1.54, 1.807) is 48.5 Å². The fourth-order valence-electron chi connectivity index (χ4n) is 2.93. The number of furan rings is 1. The zero-order valence-electron chi connectivity index (χ0n) is 15.6. The normalized spacial score (nSPS) is 15.1. The monoisotopic (exact) mass is 422 g/mol. The summed E-state index contributed by atoms with van der Waals surface area (Å²) in [6, 6.07) is 16.0. The Kier molecular flexibility index (Phi) is 5.11. The smallest absolute Gasteiger partial charge is 0.298 e. The average Bonchev–Trinajstić information content (AvgIpc) is 3.32. The summed E-state index contributed by atoms with van der Waals surface area (Å²) in [5.74, 6) is 0.833. The molecule has 0 spiro atoms. The molecule has 0 radical (unpaired) electrons. The first kappa shape index (κ1) is 19.5. The van der Waals surface area contributed by atoms with Gasteiger partial charge in [-0.15, -0.1) is 0 Å². The van der Waals surface area contributed by atoms with Crippen LogP contribution in [0.15, 0.2) is 70.0 Å². The molecule has 0 bridgehead atoms. The number of amides is 2. The number of thioether (sulfide) groups is 1. The van der Waals surface area contributed by atoms with Crippen LogP contribution in [-0.2, 0) is 4.79 Å². The molecule has 0 atom stereocenters. The van der Waals surface area contributed by atoms with E-state index in [1.807, 2.05) is 0 Å². The van der Waals surface area contributed by atoms with Crippen molar-refractivity contribution in [1.82, 2.24) is 0 Å². The molecule has 9 heteroatoms. The zero-order valence-corrected chi connectivity index (χ0v) is 16.4. The number of hydrogen-bond acceptors (Lipinski definition) is 7. The van der Waals surface area contributed by atoms with Crippen LogP contribution < -0.4 is 9.64 Å². The number of nitro groups is 1. The molecule has 1 saturated heterocycles.